The van der Waals surface area contributed by atoms with E-state index in [1.807, 2.05) is 41.8 Å². The molecule has 1 fully saturated rings. The van der Waals surface area contributed by atoms with Crippen molar-refractivity contribution < 1.29 is 28.2 Å². The van der Waals surface area contributed by atoms with Crippen molar-refractivity contribution in [1.82, 2.24) is 24.6 Å². The summed E-state index contributed by atoms with van der Waals surface area (Å²) in [6, 6.07) is 16.2. The third-order valence-corrected chi connectivity index (χ3v) is 7.80. The van der Waals surface area contributed by atoms with E-state index in [1.165, 1.54) is 11.8 Å². The van der Waals surface area contributed by atoms with Gasteiger partial charge in [0.25, 0.3) is 5.91 Å². The number of carbonyl (C=O) groups excluding carboxylic acids is 2. The van der Waals surface area contributed by atoms with Crippen LogP contribution in [-0.4, -0.2) is 81.7 Å². The summed E-state index contributed by atoms with van der Waals surface area (Å²) in [5.74, 6) is 3.09. The Labute approximate surface area is 234 Å². The molecule has 0 N–H and O–H groups in total. The van der Waals surface area contributed by atoms with Gasteiger partial charge < -0.3 is 28.4 Å². The summed E-state index contributed by atoms with van der Waals surface area (Å²) in [4.78, 5) is 30.0. The number of furan rings is 1. The van der Waals surface area contributed by atoms with E-state index in [-0.39, 0.29) is 30.4 Å². The van der Waals surface area contributed by atoms with Gasteiger partial charge >= 0.3 is 0 Å². The van der Waals surface area contributed by atoms with Gasteiger partial charge in [-0.1, -0.05) is 11.8 Å². The van der Waals surface area contributed by atoms with Crippen molar-refractivity contribution >= 4 is 23.6 Å². The van der Waals surface area contributed by atoms with Gasteiger partial charge in [-0.2, -0.15) is 0 Å². The highest BCUT2D eigenvalue weighted by molar-refractivity contribution is 7.99. The lowest BCUT2D eigenvalue weighted by atomic mass is 10.1. The molecule has 2 amide bonds. The highest BCUT2D eigenvalue weighted by Crippen LogP contribution is 2.33. The first kappa shape index (κ1) is 25.8. The first-order valence-corrected chi connectivity index (χ1v) is 13.8. The standard InChI is InChI=1S/C28H27N5O6S/c1-18-15-31(11-12-32(18)27(35)19-5-10-22-24(14-19)39-17-38-22)25(34)16-40-28-30-29-26(23-4-3-13-37-23)33(28)20-6-8-21(36-2)9-7-20/h3-10,13-14,18H,11-12,15-17H2,1-2H3. The summed E-state index contributed by atoms with van der Waals surface area (Å²) in [5, 5.41) is 9.26. The molecule has 4 heterocycles. The fraction of sp³-hybridized carbons (Fsp3) is 0.286. The van der Waals surface area contributed by atoms with Crippen molar-refractivity contribution in [2.75, 3.05) is 39.3 Å². The molecular weight excluding hydrogens is 534 g/mol. The molecule has 0 saturated carbocycles. The van der Waals surface area contributed by atoms with Crippen molar-refractivity contribution in [3.8, 4) is 34.5 Å². The number of thioether (sulfide) groups is 1. The number of carbonyl (C=O) groups is 2. The zero-order chi connectivity index (χ0) is 27.6. The topological polar surface area (TPSA) is 112 Å². The summed E-state index contributed by atoms with van der Waals surface area (Å²) >= 11 is 1.31. The van der Waals surface area contributed by atoms with Crippen LogP contribution in [0.1, 0.15) is 17.3 Å². The van der Waals surface area contributed by atoms with E-state index in [2.05, 4.69) is 10.2 Å². The molecule has 0 bridgehead atoms. The van der Waals surface area contributed by atoms with Gasteiger partial charge in [0.15, 0.2) is 22.4 Å². The average molecular weight is 562 g/mol. The number of rotatable bonds is 7. The summed E-state index contributed by atoms with van der Waals surface area (Å²) in [6.07, 6.45) is 1.58. The molecular formula is C28H27N5O6S. The van der Waals surface area contributed by atoms with Crippen LogP contribution in [0.15, 0.2) is 70.4 Å². The maximum Gasteiger partial charge on any atom is 0.254 e. The summed E-state index contributed by atoms with van der Waals surface area (Å²) < 4.78 is 23.5. The van der Waals surface area contributed by atoms with Crippen LogP contribution in [-0.2, 0) is 4.79 Å². The first-order chi connectivity index (χ1) is 19.5. The van der Waals surface area contributed by atoms with E-state index in [0.717, 1.165) is 11.4 Å². The summed E-state index contributed by atoms with van der Waals surface area (Å²) in [7, 11) is 1.61. The Morgan fingerprint density at radius 2 is 1.88 bits per heavy atom. The Morgan fingerprint density at radius 3 is 2.62 bits per heavy atom. The molecule has 1 unspecified atom stereocenters. The van der Waals surface area contributed by atoms with Gasteiger partial charge in [0.2, 0.25) is 18.5 Å². The molecule has 11 nitrogen and oxygen atoms in total. The third-order valence-electron chi connectivity index (χ3n) is 6.89. The lowest BCUT2D eigenvalue weighted by Gasteiger charge is -2.40. The summed E-state index contributed by atoms with van der Waals surface area (Å²) in [6.45, 7) is 3.44. The van der Waals surface area contributed by atoms with Crippen molar-refractivity contribution in [3.05, 3.63) is 66.4 Å². The van der Waals surface area contributed by atoms with Gasteiger partial charge in [0.05, 0.1) is 24.8 Å². The number of hydrogen-bond acceptors (Lipinski definition) is 9. The smallest absolute Gasteiger partial charge is 0.254 e. The van der Waals surface area contributed by atoms with Crippen molar-refractivity contribution in [1.29, 1.82) is 0 Å². The molecule has 0 aliphatic carbocycles. The highest BCUT2D eigenvalue weighted by Gasteiger charge is 2.31. The van der Waals surface area contributed by atoms with Crippen LogP contribution < -0.4 is 14.2 Å². The molecule has 0 radical (unpaired) electrons. The van der Waals surface area contributed by atoms with Crippen LogP contribution in [0.4, 0.5) is 0 Å². The zero-order valence-electron chi connectivity index (χ0n) is 22.0. The molecule has 206 valence electrons. The molecule has 40 heavy (non-hydrogen) atoms. The number of aromatic nitrogens is 3. The Bertz CT molecular complexity index is 1520. The van der Waals surface area contributed by atoms with Gasteiger partial charge in [-0.05, 0) is 61.5 Å². The minimum absolute atomic E-state index is 0.0316. The van der Waals surface area contributed by atoms with Crippen molar-refractivity contribution in [2.24, 2.45) is 0 Å². The largest absolute Gasteiger partial charge is 0.497 e. The summed E-state index contributed by atoms with van der Waals surface area (Å²) in [5.41, 5.74) is 1.35. The van der Waals surface area contributed by atoms with Gasteiger partial charge in [-0.15, -0.1) is 10.2 Å². The zero-order valence-corrected chi connectivity index (χ0v) is 22.8. The molecule has 0 spiro atoms. The van der Waals surface area contributed by atoms with Crippen LogP contribution in [0.25, 0.3) is 17.3 Å². The quantitative estimate of drug-likeness (QED) is 0.312. The number of nitrogens with zero attached hydrogens (tertiary/aromatic N) is 5. The SMILES string of the molecule is COc1ccc(-n2c(SCC(=O)N3CCN(C(=O)c4ccc5c(c4)OCO5)C(C)C3)nnc2-c2ccco2)cc1. The number of hydrogen-bond donors (Lipinski definition) is 0. The number of piperazine rings is 1. The predicted octanol–water partition coefficient (Wildman–Crippen LogP) is 3.73. The molecule has 1 atom stereocenters. The predicted molar refractivity (Wildman–Crippen MR) is 146 cm³/mol. The maximum atomic E-state index is 13.2. The molecule has 2 aromatic heterocycles. The second-order valence-corrected chi connectivity index (χ2v) is 10.3. The molecule has 1 saturated heterocycles. The number of methoxy groups -OCH3 is 1. The monoisotopic (exact) mass is 561 g/mol. The Kier molecular flexibility index (Phi) is 7.08. The van der Waals surface area contributed by atoms with Crippen LogP contribution >= 0.6 is 11.8 Å². The van der Waals surface area contributed by atoms with Crippen molar-refractivity contribution in [3.63, 3.8) is 0 Å². The molecule has 6 rings (SSSR count). The van der Waals surface area contributed by atoms with E-state index >= 15 is 0 Å². The fourth-order valence-corrected chi connectivity index (χ4v) is 5.65. The molecule has 2 aliphatic heterocycles. The molecule has 12 heteroatoms. The van der Waals surface area contributed by atoms with E-state index < -0.39 is 0 Å². The highest BCUT2D eigenvalue weighted by atomic mass is 32.2. The molecule has 2 aliphatic rings. The van der Waals surface area contributed by atoms with Gasteiger partial charge in [0, 0.05) is 31.2 Å². The number of ether oxygens (including phenoxy) is 3. The minimum atomic E-state index is -0.144. The number of fused-ring (bicyclic) bond motifs is 1. The minimum Gasteiger partial charge on any atom is -0.497 e. The van der Waals surface area contributed by atoms with E-state index in [0.29, 0.717) is 53.4 Å². The molecule has 2 aromatic carbocycles. The Hall–Kier alpha value is -4.45. The van der Waals surface area contributed by atoms with Crippen LogP contribution in [0, 0.1) is 0 Å². The van der Waals surface area contributed by atoms with Crippen LogP contribution in [0.5, 0.6) is 17.2 Å². The second-order valence-electron chi connectivity index (χ2n) is 9.36. The van der Waals surface area contributed by atoms with Crippen molar-refractivity contribution in [2.45, 2.75) is 18.1 Å². The second kappa shape index (κ2) is 11.0. The van der Waals surface area contributed by atoms with Gasteiger partial charge in [-0.3, -0.25) is 14.2 Å². The average Bonchev–Trinajstić information content (AvgIpc) is 3.76. The number of amides is 2. The van der Waals surface area contributed by atoms with Gasteiger partial charge in [0.1, 0.15) is 5.75 Å². The fourth-order valence-electron chi connectivity index (χ4n) is 4.79. The number of benzene rings is 2. The van der Waals surface area contributed by atoms with E-state index in [9.17, 15) is 9.59 Å². The third kappa shape index (κ3) is 4.97. The molecule has 4 aromatic rings. The normalized spacial score (nSPS) is 16.3. The van der Waals surface area contributed by atoms with Crippen LogP contribution in [0.3, 0.4) is 0 Å². The van der Waals surface area contributed by atoms with E-state index in [1.54, 1.807) is 47.4 Å². The first-order valence-electron chi connectivity index (χ1n) is 12.8. The maximum absolute atomic E-state index is 13.2. The van der Waals surface area contributed by atoms with Gasteiger partial charge in [-0.25, -0.2) is 0 Å². The van der Waals surface area contributed by atoms with Crippen LogP contribution in [0.2, 0.25) is 0 Å². The lowest BCUT2D eigenvalue weighted by Crippen LogP contribution is -2.55. The Morgan fingerprint density at radius 1 is 1.05 bits per heavy atom. The van der Waals surface area contributed by atoms with E-state index in [4.69, 9.17) is 18.6 Å². The lowest BCUT2D eigenvalue weighted by molar-refractivity contribution is -0.130. The Balaban J connectivity index is 1.12.